The van der Waals surface area contributed by atoms with Crippen LogP contribution in [0.25, 0.3) is 0 Å². The third-order valence-electron chi connectivity index (χ3n) is 2.63. The maximum atomic E-state index is 10.5. The van der Waals surface area contributed by atoms with Crippen LogP contribution >= 0.6 is 0 Å². The zero-order valence-corrected chi connectivity index (χ0v) is 6.34. The third-order valence-corrected chi connectivity index (χ3v) is 2.63. The predicted octanol–water partition coefficient (Wildman–Crippen LogP) is 0.333. The van der Waals surface area contributed by atoms with E-state index in [2.05, 4.69) is 0 Å². The Labute approximate surface area is 69.1 Å². The van der Waals surface area contributed by atoms with E-state index in [4.69, 9.17) is 10.00 Å². The maximum absolute atomic E-state index is 10.5. The van der Waals surface area contributed by atoms with Crippen molar-refractivity contribution in [2.45, 2.75) is 31.1 Å². The van der Waals surface area contributed by atoms with Crippen LogP contribution in [0.1, 0.15) is 12.8 Å². The summed E-state index contributed by atoms with van der Waals surface area (Å²) in [5.74, 6) is -0.529. The van der Waals surface area contributed by atoms with Gasteiger partial charge in [0.2, 0.25) is 0 Å². The van der Waals surface area contributed by atoms with Gasteiger partial charge in [0.15, 0.2) is 0 Å². The smallest absolute Gasteiger partial charge is 0.256 e. The van der Waals surface area contributed by atoms with Crippen molar-refractivity contribution in [1.29, 1.82) is 5.26 Å². The Kier molecular flexibility index (Phi) is 1.51. The van der Waals surface area contributed by atoms with Gasteiger partial charge in [0, 0.05) is 4.92 Å². The lowest BCUT2D eigenvalue weighted by atomic mass is 9.86. The maximum Gasteiger partial charge on any atom is 0.256 e. The van der Waals surface area contributed by atoms with E-state index in [1.165, 1.54) is 0 Å². The molecule has 0 aliphatic carbocycles. The van der Waals surface area contributed by atoms with Crippen molar-refractivity contribution < 1.29 is 9.66 Å². The van der Waals surface area contributed by atoms with E-state index < -0.39 is 12.0 Å². The molecular formula is C7H8N2O3. The number of hydrogen-bond acceptors (Lipinski definition) is 4. The molecule has 12 heavy (non-hydrogen) atoms. The molecule has 0 aromatic rings. The van der Waals surface area contributed by atoms with Crippen LogP contribution in [0, 0.1) is 27.4 Å². The number of fused-ring (bicyclic) bond motifs is 2. The van der Waals surface area contributed by atoms with Gasteiger partial charge in [0.25, 0.3) is 6.04 Å². The fourth-order valence-corrected chi connectivity index (χ4v) is 2.08. The standard InChI is InChI=1S/C7H8N2O3/c8-3-4-5-1-2-6(12-5)7(4)9(10)11/h4-7H,1-2H2. The largest absolute Gasteiger partial charge is 0.366 e. The fraction of sp³-hybridized carbons (Fsp3) is 0.857. The Morgan fingerprint density at radius 3 is 2.67 bits per heavy atom. The molecule has 5 nitrogen and oxygen atoms in total. The first-order valence-electron chi connectivity index (χ1n) is 3.92. The quantitative estimate of drug-likeness (QED) is 0.417. The summed E-state index contributed by atoms with van der Waals surface area (Å²) < 4.78 is 5.29. The summed E-state index contributed by atoms with van der Waals surface area (Å²) in [5, 5.41) is 19.2. The molecule has 2 heterocycles. The van der Waals surface area contributed by atoms with E-state index in [9.17, 15) is 10.1 Å². The normalized spacial score (nSPS) is 44.2. The number of hydrogen-bond donors (Lipinski definition) is 0. The van der Waals surface area contributed by atoms with Crippen LogP contribution in [0.4, 0.5) is 0 Å². The van der Waals surface area contributed by atoms with Gasteiger partial charge < -0.3 is 4.74 Å². The molecule has 0 N–H and O–H groups in total. The zero-order chi connectivity index (χ0) is 8.72. The van der Waals surface area contributed by atoms with Crippen molar-refractivity contribution in [3.8, 4) is 6.07 Å². The molecule has 2 aliphatic heterocycles. The van der Waals surface area contributed by atoms with Crippen LogP contribution in [0.5, 0.6) is 0 Å². The average Bonchev–Trinajstić information content (AvgIpc) is 2.60. The Hall–Kier alpha value is -1.15. The molecule has 2 saturated heterocycles. The number of nitriles is 1. The van der Waals surface area contributed by atoms with Crippen molar-refractivity contribution in [1.82, 2.24) is 0 Å². The number of rotatable bonds is 1. The summed E-state index contributed by atoms with van der Waals surface area (Å²) in [5.41, 5.74) is 0. The lowest BCUT2D eigenvalue weighted by Gasteiger charge is -2.14. The minimum Gasteiger partial charge on any atom is -0.366 e. The van der Waals surface area contributed by atoms with Gasteiger partial charge in [-0.05, 0) is 12.8 Å². The van der Waals surface area contributed by atoms with Gasteiger partial charge in [-0.2, -0.15) is 5.26 Å². The SMILES string of the molecule is N#CC1C2CCC(O2)C1[N+](=O)[O-]. The predicted molar refractivity (Wildman–Crippen MR) is 37.8 cm³/mol. The molecule has 2 bridgehead atoms. The van der Waals surface area contributed by atoms with Crippen LogP contribution in [0.2, 0.25) is 0 Å². The van der Waals surface area contributed by atoms with E-state index >= 15 is 0 Å². The molecule has 0 radical (unpaired) electrons. The van der Waals surface area contributed by atoms with Crippen LogP contribution in [0.3, 0.4) is 0 Å². The molecule has 0 saturated carbocycles. The Bertz CT molecular complexity index is 260. The molecule has 64 valence electrons. The zero-order valence-electron chi connectivity index (χ0n) is 6.34. The molecule has 5 heteroatoms. The molecular weight excluding hydrogens is 160 g/mol. The van der Waals surface area contributed by atoms with E-state index in [-0.39, 0.29) is 17.1 Å². The highest BCUT2D eigenvalue weighted by Gasteiger charge is 2.56. The first-order chi connectivity index (χ1) is 5.74. The highest BCUT2D eigenvalue weighted by Crippen LogP contribution is 2.39. The van der Waals surface area contributed by atoms with Crippen LogP contribution < -0.4 is 0 Å². The van der Waals surface area contributed by atoms with Crippen molar-refractivity contribution in [2.24, 2.45) is 5.92 Å². The van der Waals surface area contributed by atoms with Crippen LogP contribution in [-0.2, 0) is 4.74 Å². The van der Waals surface area contributed by atoms with Crippen molar-refractivity contribution in [3.63, 3.8) is 0 Å². The molecule has 2 rings (SSSR count). The van der Waals surface area contributed by atoms with Crippen molar-refractivity contribution >= 4 is 0 Å². The van der Waals surface area contributed by atoms with Gasteiger partial charge in [-0.15, -0.1) is 0 Å². The summed E-state index contributed by atoms with van der Waals surface area (Å²) in [6, 6.07) is 1.18. The van der Waals surface area contributed by atoms with E-state index in [0.717, 1.165) is 12.8 Å². The topological polar surface area (TPSA) is 76.2 Å². The van der Waals surface area contributed by atoms with E-state index in [1.807, 2.05) is 6.07 Å². The molecule has 0 amide bonds. The second-order valence-electron chi connectivity index (χ2n) is 3.22. The summed E-state index contributed by atoms with van der Waals surface area (Å²) in [7, 11) is 0. The van der Waals surface area contributed by atoms with Gasteiger partial charge in [-0.3, -0.25) is 10.1 Å². The lowest BCUT2D eigenvalue weighted by Crippen LogP contribution is -2.37. The van der Waals surface area contributed by atoms with Gasteiger partial charge in [0.05, 0.1) is 12.2 Å². The fourth-order valence-electron chi connectivity index (χ4n) is 2.08. The summed E-state index contributed by atoms with van der Waals surface area (Å²) in [6.07, 6.45) is 1.03. The second kappa shape index (κ2) is 2.42. The minimum absolute atomic E-state index is 0.185. The molecule has 0 aromatic carbocycles. The minimum atomic E-state index is -0.784. The van der Waals surface area contributed by atoms with E-state index in [0.29, 0.717) is 0 Å². The van der Waals surface area contributed by atoms with Crippen LogP contribution in [-0.4, -0.2) is 23.2 Å². The highest BCUT2D eigenvalue weighted by molar-refractivity contribution is 5.06. The number of nitrogens with zero attached hydrogens (tertiary/aromatic N) is 2. The first-order valence-corrected chi connectivity index (χ1v) is 3.92. The Morgan fingerprint density at radius 1 is 1.50 bits per heavy atom. The molecule has 0 spiro atoms. The number of nitro groups is 1. The first kappa shape index (κ1) is 7.50. The molecule has 0 aromatic heterocycles. The van der Waals surface area contributed by atoms with Crippen molar-refractivity contribution in [3.05, 3.63) is 10.1 Å². The van der Waals surface area contributed by atoms with Gasteiger partial charge >= 0.3 is 0 Å². The summed E-state index contributed by atoms with van der Waals surface area (Å²) in [6.45, 7) is 0. The third kappa shape index (κ3) is 0.816. The van der Waals surface area contributed by atoms with E-state index in [1.54, 1.807) is 0 Å². The lowest BCUT2D eigenvalue weighted by molar-refractivity contribution is -0.532. The Balaban J connectivity index is 2.23. The van der Waals surface area contributed by atoms with Gasteiger partial charge in [0.1, 0.15) is 12.0 Å². The monoisotopic (exact) mass is 168 g/mol. The second-order valence-corrected chi connectivity index (χ2v) is 3.22. The van der Waals surface area contributed by atoms with Crippen molar-refractivity contribution in [2.75, 3.05) is 0 Å². The highest BCUT2D eigenvalue weighted by atomic mass is 16.6. The molecule has 4 atom stereocenters. The van der Waals surface area contributed by atoms with Crippen LogP contribution in [0.15, 0.2) is 0 Å². The number of ether oxygens (including phenoxy) is 1. The molecule has 2 fully saturated rings. The van der Waals surface area contributed by atoms with Gasteiger partial charge in [-0.25, -0.2) is 0 Å². The molecule has 2 aliphatic rings. The van der Waals surface area contributed by atoms with Gasteiger partial charge in [-0.1, -0.05) is 0 Å². The molecule has 4 unspecified atom stereocenters. The summed E-state index contributed by atoms with van der Waals surface area (Å²) in [4.78, 5) is 10.2. The Morgan fingerprint density at radius 2 is 2.17 bits per heavy atom. The average molecular weight is 168 g/mol. The summed E-state index contributed by atoms with van der Waals surface area (Å²) >= 11 is 0.